The molecule has 0 nitrogen and oxygen atoms in total. The Morgan fingerprint density at radius 1 is 1.00 bits per heavy atom. The molecule has 0 radical (unpaired) electrons. The van der Waals surface area contributed by atoms with Crippen LogP contribution in [0.1, 0.15) is 60.3 Å². The van der Waals surface area contributed by atoms with Crippen molar-refractivity contribution in [1.29, 1.82) is 0 Å². The second kappa shape index (κ2) is 6.06. The Balaban J connectivity index is 3.75. The Bertz CT molecular complexity index is 120. The van der Waals surface area contributed by atoms with E-state index >= 15 is 0 Å². The van der Waals surface area contributed by atoms with E-state index in [4.69, 9.17) is 0 Å². The third kappa shape index (κ3) is 5.72. The summed E-state index contributed by atoms with van der Waals surface area (Å²) in [6.07, 6.45) is 5.36. The fourth-order valence-electron chi connectivity index (χ4n) is 1.51. The molecule has 1 atom stereocenters. The van der Waals surface area contributed by atoms with E-state index in [2.05, 4.69) is 50.5 Å². The molecule has 13 heavy (non-hydrogen) atoms. The average molecular weight is 249 g/mol. The Morgan fingerprint density at radius 2 is 1.46 bits per heavy atom. The topological polar surface area (TPSA) is 0 Å². The van der Waals surface area contributed by atoms with Crippen LogP contribution < -0.4 is 0 Å². The van der Waals surface area contributed by atoms with Crippen LogP contribution in [-0.4, -0.2) is 4.83 Å². The van der Waals surface area contributed by atoms with E-state index in [1.165, 1.54) is 25.7 Å². The van der Waals surface area contributed by atoms with E-state index < -0.39 is 0 Å². The zero-order chi connectivity index (χ0) is 10.5. The van der Waals surface area contributed by atoms with Crippen LogP contribution in [0, 0.1) is 11.3 Å². The van der Waals surface area contributed by atoms with Gasteiger partial charge in [0.2, 0.25) is 0 Å². The molecule has 0 aliphatic rings. The average Bonchev–Trinajstić information content (AvgIpc) is 2.04. The van der Waals surface area contributed by atoms with E-state index in [0.29, 0.717) is 10.2 Å². The number of alkyl halides is 1. The number of hydrogen-bond acceptors (Lipinski definition) is 0. The highest BCUT2D eigenvalue weighted by molar-refractivity contribution is 9.09. The van der Waals surface area contributed by atoms with Crippen molar-refractivity contribution in [2.75, 3.05) is 0 Å². The van der Waals surface area contributed by atoms with Crippen LogP contribution in [0.25, 0.3) is 0 Å². The summed E-state index contributed by atoms with van der Waals surface area (Å²) < 4.78 is 0. The first-order valence-electron chi connectivity index (χ1n) is 5.55. The third-order valence-electron chi connectivity index (χ3n) is 2.92. The van der Waals surface area contributed by atoms with Gasteiger partial charge in [0.1, 0.15) is 0 Å². The molecule has 0 aromatic heterocycles. The van der Waals surface area contributed by atoms with Crippen molar-refractivity contribution in [3.05, 3.63) is 0 Å². The van der Waals surface area contributed by atoms with Crippen molar-refractivity contribution in [2.24, 2.45) is 11.3 Å². The quantitative estimate of drug-likeness (QED) is 0.600. The molecule has 0 saturated carbocycles. The van der Waals surface area contributed by atoms with Gasteiger partial charge in [0.25, 0.3) is 0 Å². The van der Waals surface area contributed by atoms with Crippen molar-refractivity contribution in [3.8, 4) is 0 Å². The van der Waals surface area contributed by atoms with Gasteiger partial charge in [-0.05, 0) is 24.2 Å². The summed E-state index contributed by atoms with van der Waals surface area (Å²) in [6.45, 7) is 11.5. The van der Waals surface area contributed by atoms with Crippen molar-refractivity contribution in [2.45, 2.75) is 65.1 Å². The molecule has 80 valence electrons. The highest BCUT2D eigenvalue weighted by Gasteiger charge is 2.21. The Morgan fingerprint density at radius 3 is 1.77 bits per heavy atom. The van der Waals surface area contributed by atoms with Gasteiger partial charge < -0.3 is 0 Å². The highest BCUT2D eigenvalue weighted by Crippen LogP contribution is 2.31. The lowest BCUT2D eigenvalue weighted by Crippen LogP contribution is -2.20. The van der Waals surface area contributed by atoms with Crippen LogP contribution in [0.4, 0.5) is 0 Å². The number of hydrogen-bond donors (Lipinski definition) is 0. The normalized spacial score (nSPS) is 15.0. The molecule has 0 bridgehead atoms. The molecule has 1 unspecified atom stereocenters. The number of rotatable bonds is 5. The molecule has 1 heteroatoms. The summed E-state index contributed by atoms with van der Waals surface area (Å²) in [4.78, 5) is 0.667. The van der Waals surface area contributed by atoms with Gasteiger partial charge in [0.15, 0.2) is 0 Å². The first-order chi connectivity index (χ1) is 5.91. The maximum Gasteiger partial charge on any atom is 0.0194 e. The minimum atomic E-state index is 0.409. The molecule has 0 aliphatic heterocycles. The molecule has 0 spiro atoms. The van der Waals surface area contributed by atoms with E-state index in [-0.39, 0.29) is 0 Å². The van der Waals surface area contributed by atoms with Crippen molar-refractivity contribution in [3.63, 3.8) is 0 Å². The van der Waals surface area contributed by atoms with Crippen LogP contribution in [0.3, 0.4) is 0 Å². The van der Waals surface area contributed by atoms with E-state index in [9.17, 15) is 0 Å². The maximum atomic E-state index is 3.79. The van der Waals surface area contributed by atoms with E-state index in [1.54, 1.807) is 0 Å². The molecule has 0 aliphatic carbocycles. The summed E-state index contributed by atoms with van der Waals surface area (Å²) in [5, 5.41) is 0. The fraction of sp³-hybridized carbons (Fsp3) is 1.00. The van der Waals surface area contributed by atoms with Crippen LogP contribution in [0.15, 0.2) is 0 Å². The molecule has 0 amide bonds. The standard InChI is InChI=1S/C12H25Br/c1-6-10(7-2)8-9-11(13)12(3,4)5/h10-11H,6-9H2,1-5H3. The van der Waals surface area contributed by atoms with Crippen LogP contribution in [0.2, 0.25) is 0 Å². The summed E-state index contributed by atoms with van der Waals surface area (Å²) in [6, 6.07) is 0. The van der Waals surface area contributed by atoms with Gasteiger partial charge >= 0.3 is 0 Å². The zero-order valence-electron chi connectivity index (χ0n) is 9.86. The number of halogens is 1. The first-order valence-corrected chi connectivity index (χ1v) is 6.47. The minimum absolute atomic E-state index is 0.409. The van der Waals surface area contributed by atoms with Gasteiger partial charge in [-0.2, -0.15) is 0 Å². The van der Waals surface area contributed by atoms with Gasteiger partial charge in [-0.25, -0.2) is 0 Å². The smallest absolute Gasteiger partial charge is 0.0194 e. The largest absolute Gasteiger partial charge is 0.0885 e. The minimum Gasteiger partial charge on any atom is -0.0885 e. The molecule has 0 heterocycles. The lowest BCUT2D eigenvalue weighted by Gasteiger charge is -2.26. The predicted octanol–water partition coefficient (Wildman–Crippen LogP) is 5.01. The van der Waals surface area contributed by atoms with Crippen molar-refractivity contribution in [1.82, 2.24) is 0 Å². The van der Waals surface area contributed by atoms with Gasteiger partial charge in [0.05, 0.1) is 0 Å². The Kier molecular flexibility index (Phi) is 6.28. The molecule has 0 aromatic rings. The SMILES string of the molecule is CCC(CC)CCC(Br)C(C)(C)C. The van der Waals surface area contributed by atoms with Crippen molar-refractivity contribution < 1.29 is 0 Å². The van der Waals surface area contributed by atoms with Gasteiger partial charge in [-0.15, -0.1) is 0 Å². The fourth-order valence-corrected chi connectivity index (χ4v) is 1.78. The highest BCUT2D eigenvalue weighted by atomic mass is 79.9. The molecule has 0 fully saturated rings. The molecule has 0 rings (SSSR count). The maximum absolute atomic E-state index is 3.79. The van der Waals surface area contributed by atoms with E-state index in [1.807, 2.05) is 0 Å². The first kappa shape index (κ1) is 13.5. The van der Waals surface area contributed by atoms with Crippen LogP contribution in [0.5, 0.6) is 0 Å². The molecular weight excluding hydrogens is 224 g/mol. The molecule has 0 aromatic carbocycles. The summed E-state index contributed by atoms with van der Waals surface area (Å²) in [5.74, 6) is 0.933. The lowest BCUT2D eigenvalue weighted by molar-refractivity contribution is 0.348. The van der Waals surface area contributed by atoms with Crippen LogP contribution >= 0.6 is 15.9 Å². The molecule has 0 saturated heterocycles. The summed E-state index contributed by atoms with van der Waals surface area (Å²) in [7, 11) is 0. The van der Waals surface area contributed by atoms with Crippen molar-refractivity contribution >= 4 is 15.9 Å². The zero-order valence-corrected chi connectivity index (χ0v) is 11.4. The second-order valence-electron chi connectivity index (χ2n) is 5.09. The monoisotopic (exact) mass is 248 g/mol. The Labute approximate surface area is 92.6 Å². The van der Waals surface area contributed by atoms with Gasteiger partial charge in [0, 0.05) is 4.83 Å². The summed E-state index contributed by atoms with van der Waals surface area (Å²) >= 11 is 3.79. The second-order valence-corrected chi connectivity index (χ2v) is 6.20. The third-order valence-corrected chi connectivity index (χ3v) is 4.75. The van der Waals surface area contributed by atoms with E-state index in [0.717, 1.165) is 5.92 Å². The van der Waals surface area contributed by atoms with Gasteiger partial charge in [-0.1, -0.05) is 63.4 Å². The van der Waals surface area contributed by atoms with Gasteiger partial charge in [-0.3, -0.25) is 0 Å². The molecule has 0 N–H and O–H groups in total. The Hall–Kier alpha value is 0.480. The molecular formula is C12H25Br. The lowest BCUT2D eigenvalue weighted by atomic mass is 9.86. The predicted molar refractivity (Wildman–Crippen MR) is 65.5 cm³/mol. The van der Waals surface area contributed by atoms with Crippen LogP contribution in [-0.2, 0) is 0 Å². The summed E-state index contributed by atoms with van der Waals surface area (Å²) in [5.41, 5.74) is 0.409.